The minimum absolute atomic E-state index is 0. The third kappa shape index (κ3) is 3.96. The summed E-state index contributed by atoms with van der Waals surface area (Å²) in [6.07, 6.45) is 0.466. The highest BCUT2D eigenvalue weighted by atomic mass is 35.5. The molecule has 1 heterocycles. The molecule has 124 valence electrons. The Labute approximate surface area is 135 Å². The Morgan fingerprint density at radius 2 is 1.95 bits per heavy atom. The molecule has 1 aliphatic rings. The molecule has 1 fully saturated rings. The number of carboxylic acid groups (broad SMARTS) is 1. The Balaban J connectivity index is 0.00000242. The van der Waals surface area contributed by atoms with Crippen LogP contribution >= 0.6 is 12.4 Å². The van der Waals surface area contributed by atoms with E-state index in [0.29, 0.717) is 19.5 Å². The van der Waals surface area contributed by atoms with Crippen molar-refractivity contribution in [3.8, 4) is 0 Å². The van der Waals surface area contributed by atoms with E-state index in [-0.39, 0.29) is 23.5 Å². The van der Waals surface area contributed by atoms with Crippen molar-refractivity contribution in [3.05, 3.63) is 35.4 Å². The van der Waals surface area contributed by atoms with Crippen molar-refractivity contribution in [2.24, 2.45) is 5.92 Å². The predicted octanol–water partition coefficient (Wildman–Crippen LogP) is 3.68. The molecule has 0 bridgehead atoms. The Bertz CT molecular complexity index is 545. The van der Waals surface area contributed by atoms with Crippen LogP contribution in [0.1, 0.15) is 38.7 Å². The fourth-order valence-electron chi connectivity index (χ4n) is 2.97. The number of hydrogen-bond donors (Lipinski definition) is 1. The third-order valence-electron chi connectivity index (χ3n) is 4.24. The standard InChI is InChI=1S/C16H21F2NO2.ClH/c1-16(2,3)19-7-6-12(15(20)21)13(9-19)11-5-4-10(17)8-14(11)18;/h4-5,8,12-13H,6-7,9H2,1-3H3,(H,20,21);1H/t12?,13-;/m1./s1. The van der Waals surface area contributed by atoms with Crippen LogP contribution in [0.25, 0.3) is 0 Å². The van der Waals surface area contributed by atoms with E-state index < -0.39 is 29.4 Å². The Kier molecular flexibility index (Phi) is 5.93. The van der Waals surface area contributed by atoms with Crippen molar-refractivity contribution in [1.29, 1.82) is 0 Å². The minimum atomic E-state index is -0.919. The van der Waals surface area contributed by atoms with Crippen LogP contribution in [-0.4, -0.2) is 34.6 Å². The lowest BCUT2D eigenvalue weighted by molar-refractivity contribution is -0.144. The molecular formula is C16H22ClF2NO2. The van der Waals surface area contributed by atoms with Gasteiger partial charge in [-0.15, -0.1) is 12.4 Å². The average Bonchev–Trinajstić information content (AvgIpc) is 2.37. The molecule has 1 aliphatic heterocycles. The number of nitrogens with zero attached hydrogens (tertiary/aromatic N) is 1. The van der Waals surface area contributed by atoms with Gasteiger partial charge in [0.1, 0.15) is 11.6 Å². The second kappa shape index (κ2) is 6.92. The van der Waals surface area contributed by atoms with Crippen LogP contribution in [0, 0.1) is 17.6 Å². The van der Waals surface area contributed by atoms with Gasteiger partial charge in [0, 0.05) is 24.1 Å². The Morgan fingerprint density at radius 1 is 1.32 bits per heavy atom. The Morgan fingerprint density at radius 3 is 2.45 bits per heavy atom. The van der Waals surface area contributed by atoms with Gasteiger partial charge in [0.05, 0.1) is 5.92 Å². The highest BCUT2D eigenvalue weighted by Gasteiger charge is 2.39. The van der Waals surface area contributed by atoms with Gasteiger partial charge in [-0.2, -0.15) is 0 Å². The molecule has 3 nitrogen and oxygen atoms in total. The molecular weight excluding hydrogens is 312 g/mol. The zero-order chi connectivity index (χ0) is 15.8. The molecule has 22 heavy (non-hydrogen) atoms. The lowest BCUT2D eigenvalue weighted by Gasteiger charge is -2.44. The van der Waals surface area contributed by atoms with Gasteiger partial charge < -0.3 is 5.11 Å². The van der Waals surface area contributed by atoms with Gasteiger partial charge in [0.25, 0.3) is 0 Å². The number of piperidine rings is 1. The maximum atomic E-state index is 14.0. The summed E-state index contributed by atoms with van der Waals surface area (Å²) in [5.41, 5.74) is 0.177. The summed E-state index contributed by atoms with van der Waals surface area (Å²) in [6.45, 7) is 7.27. The largest absolute Gasteiger partial charge is 0.481 e. The molecule has 0 aromatic heterocycles. The van der Waals surface area contributed by atoms with Gasteiger partial charge in [-0.3, -0.25) is 9.69 Å². The van der Waals surface area contributed by atoms with Gasteiger partial charge in [-0.05, 0) is 45.4 Å². The number of aliphatic carboxylic acids is 1. The summed E-state index contributed by atoms with van der Waals surface area (Å²) in [6, 6.07) is 3.38. The zero-order valence-corrected chi connectivity index (χ0v) is 13.8. The van der Waals surface area contributed by atoms with Crippen LogP contribution in [0.15, 0.2) is 18.2 Å². The monoisotopic (exact) mass is 333 g/mol. The van der Waals surface area contributed by atoms with E-state index in [1.165, 1.54) is 12.1 Å². The van der Waals surface area contributed by atoms with Crippen molar-refractivity contribution in [3.63, 3.8) is 0 Å². The summed E-state index contributed by atoms with van der Waals surface area (Å²) >= 11 is 0. The lowest BCUT2D eigenvalue weighted by Crippen LogP contribution is -2.50. The first-order valence-corrected chi connectivity index (χ1v) is 7.13. The van der Waals surface area contributed by atoms with Gasteiger partial charge in [0.2, 0.25) is 0 Å². The van der Waals surface area contributed by atoms with Crippen molar-refractivity contribution >= 4 is 18.4 Å². The van der Waals surface area contributed by atoms with Gasteiger partial charge >= 0.3 is 5.97 Å². The van der Waals surface area contributed by atoms with Crippen LogP contribution in [0.5, 0.6) is 0 Å². The number of carboxylic acids is 1. The number of likely N-dealkylation sites (tertiary alicyclic amines) is 1. The van der Waals surface area contributed by atoms with E-state index >= 15 is 0 Å². The fraction of sp³-hybridized carbons (Fsp3) is 0.562. The molecule has 6 heteroatoms. The van der Waals surface area contributed by atoms with E-state index in [1.54, 1.807) is 0 Å². The van der Waals surface area contributed by atoms with Crippen LogP contribution in [-0.2, 0) is 4.79 Å². The van der Waals surface area contributed by atoms with E-state index in [0.717, 1.165) is 6.07 Å². The van der Waals surface area contributed by atoms with Crippen LogP contribution in [0.3, 0.4) is 0 Å². The van der Waals surface area contributed by atoms with Gasteiger partial charge in [0.15, 0.2) is 0 Å². The summed E-state index contributed by atoms with van der Waals surface area (Å²) in [5.74, 6) is -3.33. The normalized spacial score (nSPS) is 23.0. The predicted molar refractivity (Wildman–Crippen MR) is 83.4 cm³/mol. The highest BCUT2D eigenvalue weighted by Crippen LogP contribution is 2.36. The number of halogens is 3. The quantitative estimate of drug-likeness (QED) is 0.897. The number of benzene rings is 1. The summed E-state index contributed by atoms with van der Waals surface area (Å²) in [7, 11) is 0. The molecule has 2 atom stereocenters. The van der Waals surface area contributed by atoms with Crippen LogP contribution in [0.4, 0.5) is 8.78 Å². The molecule has 0 aliphatic carbocycles. The molecule has 0 spiro atoms. The average molecular weight is 334 g/mol. The lowest BCUT2D eigenvalue weighted by atomic mass is 9.79. The second-order valence-corrected chi connectivity index (χ2v) is 6.62. The molecule has 0 amide bonds. The van der Waals surface area contributed by atoms with Crippen molar-refractivity contribution < 1.29 is 18.7 Å². The second-order valence-electron chi connectivity index (χ2n) is 6.62. The van der Waals surface area contributed by atoms with Gasteiger partial charge in [-0.1, -0.05) is 6.07 Å². The van der Waals surface area contributed by atoms with Crippen molar-refractivity contribution in [2.45, 2.75) is 38.6 Å². The summed E-state index contributed by atoms with van der Waals surface area (Å²) in [4.78, 5) is 13.6. The molecule has 1 saturated heterocycles. The fourth-order valence-corrected chi connectivity index (χ4v) is 2.97. The molecule has 1 aromatic rings. The molecule has 2 rings (SSSR count). The number of hydrogen-bond acceptors (Lipinski definition) is 2. The first-order chi connectivity index (χ1) is 9.70. The molecule has 1 unspecified atom stereocenters. The van der Waals surface area contributed by atoms with Crippen LogP contribution < -0.4 is 0 Å². The smallest absolute Gasteiger partial charge is 0.307 e. The molecule has 1 aromatic carbocycles. The van der Waals surface area contributed by atoms with Gasteiger partial charge in [-0.25, -0.2) is 8.78 Å². The maximum Gasteiger partial charge on any atom is 0.307 e. The summed E-state index contributed by atoms with van der Waals surface area (Å²) < 4.78 is 27.1. The first kappa shape index (κ1) is 18.8. The number of rotatable bonds is 2. The van der Waals surface area contributed by atoms with E-state index in [9.17, 15) is 18.7 Å². The SMILES string of the molecule is CC(C)(C)N1CCC(C(=O)O)[C@@H](c2ccc(F)cc2F)C1.Cl. The zero-order valence-electron chi connectivity index (χ0n) is 13.0. The van der Waals surface area contributed by atoms with E-state index in [1.807, 2.05) is 20.8 Å². The van der Waals surface area contributed by atoms with Crippen molar-refractivity contribution in [2.75, 3.05) is 13.1 Å². The summed E-state index contributed by atoms with van der Waals surface area (Å²) in [5, 5.41) is 9.39. The molecule has 0 radical (unpaired) electrons. The van der Waals surface area contributed by atoms with E-state index in [2.05, 4.69) is 4.90 Å². The maximum absolute atomic E-state index is 14.0. The van der Waals surface area contributed by atoms with Crippen molar-refractivity contribution in [1.82, 2.24) is 4.90 Å². The number of carbonyl (C=O) groups is 1. The topological polar surface area (TPSA) is 40.5 Å². The molecule has 1 N–H and O–H groups in total. The first-order valence-electron chi connectivity index (χ1n) is 7.13. The van der Waals surface area contributed by atoms with Crippen LogP contribution in [0.2, 0.25) is 0 Å². The molecule has 0 saturated carbocycles. The third-order valence-corrected chi connectivity index (χ3v) is 4.24. The highest BCUT2D eigenvalue weighted by molar-refractivity contribution is 5.85. The minimum Gasteiger partial charge on any atom is -0.481 e. The Hall–Kier alpha value is -1.20. The van der Waals surface area contributed by atoms with E-state index in [4.69, 9.17) is 0 Å².